The molecule has 0 aliphatic heterocycles. The SMILES string of the molecule is CCC(O)(Cc1c(C)cccc1C)c1cccc(F)c1. The van der Waals surface area contributed by atoms with Crippen LogP contribution in [0.2, 0.25) is 0 Å². The van der Waals surface area contributed by atoms with E-state index < -0.39 is 5.60 Å². The molecule has 0 aliphatic rings. The van der Waals surface area contributed by atoms with Crippen molar-refractivity contribution in [3.63, 3.8) is 0 Å². The summed E-state index contributed by atoms with van der Waals surface area (Å²) in [5.74, 6) is -0.309. The highest BCUT2D eigenvalue weighted by Gasteiger charge is 2.29. The Bertz CT molecular complexity index is 586. The van der Waals surface area contributed by atoms with Crippen molar-refractivity contribution in [2.45, 2.75) is 39.2 Å². The summed E-state index contributed by atoms with van der Waals surface area (Å²) in [6.45, 7) is 6.02. The van der Waals surface area contributed by atoms with Crippen LogP contribution in [-0.4, -0.2) is 5.11 Å². The Morgan fingerprint density at radius 1 is 1.05 bits per heavy atom. The van der Waals surface area contributed by atoms with Crippen LogP contribution in [0.15, 0.2) is 42.5 Å². The van der Waals surface area contributed by atoms with Crippen LogP contribution in [-0.2, 0) is 12.0 Å². The first-order chi connectivity index (χ1) is 9.46. The van der Waals surface area contributed by atoms with Gasteiger partial charge in [0.1, 0.15) is 5.82 Å². The first-order valence-corrected chi connectivity index (χ1v) is 7.00. The quantitative estimate of drug-likeness (QED) is 0.880. The van der Waals surface area contributed by atoms with Crippen molar-refractivity contribution in [1.82, 2.24) is 0 Å². The third-order valence-corrected chi connectivity index (χ3v) is 4.06. The molecule has 0 saturated heterocycles. The molecule has 0 aliphatic carbocycles. The van der Waals surface area contributed by atoms with Crippen molar-refractivity contribution in [2.24, 2.45) is 0 Å². The Balaban J connectivity index is 2.42. The molecule has 2 rings (SSSR count). The topological polar surface area (TPSA) is 20.2 Å². The molecule has 20 heavy (non-hydrogen) atoms. The number of benzene rings is 2. The van der Waals surface area contributed by atoms with E-state index in [1.807, 2.05) is 39.0 Å². The zero-order valence-corrected chi connectivity index (χ0v) is 12.3. The summed E-state index contributed by atoms with van der Waals surface area (Å²) in [6.07, 6.45) is 1.05. The largest absolute Gasteiger partial charge is 0.385 e. The van der Waals surface area contributed by atoms with Crippen LogP contribution in [0.1, 0.15) is 35.6 Å². The fourth-order valence-electron chi connectivity index (χ4n) is 2.63. The molecule has 2 aromatic rings. The van der Waals surface area contributed by atoms with E-state index in [9.17, 15) is 9.50 Å². The fourth-order valence-corrected chi connectivity index (χ4v) is 2.63. The van der Waals surface area contributed by atoms with Gasteiger partial charge in [-0.3, -0.25) is 0 Å². The van der Waals surface area contributed by atoms with E-state index in [0.29, 0.717) is 18.4 Å². The second-order valence-corrected chi connectivity index (χ2v) is 5.44. The molecular weight excluding hydrogens is 251 g/mol. The maximum Gasteiger partial charge on any atom is 0.123 e. The normalized spacial score (nSPS) is 14.1. The van der Waals surface area contributed by atoms with Crippen molar-refractivity contribution in [3.8, 4) is 0 Å². The molecule has 0 spiro atoms. The van der Waals surface area contributed by atoms with Crippen LogP contribution in [0, 0.1) is 19.7 Å². The zero-order chi connectivity index (χ0) is 14.8. The average Bonchev–Trinajstić information content (AvgIpc) is 2.43. The maximum atomic E-state index is 13.4. The molecule has 0 heterocycles. The molecule has 0 saturated carbocycles. The number of aliphatic hydroxyl groups is 1. The number of aryl methyl sites for hydroxylation is 2. The monoisotopic (exact) mass is 272 g/mol. The van der Waals surface area contributed by atoms with E-state index in [1.54, 1.807) is 12.1 Å². The highest BCUT2D eigenvalue weighted by atomic mass is 19.1. The van der Waals surface area contributed by atoms with E-state index in [2.05, 4.69) is 0 Å². The third kappa shape index (κ3) is 2.91. The molecule has 0 fully saturated rings. The standard InChI is InChI=1S/C18H21FO/c1-4-18(20,15-9-6-10-16(19)11-15)12-17-13(2)7-5-8-14(17)3/h5-11,20H,4,12H2,1-3H3. The van der Waals surface area contributed by atoms with E-state index in [4.69, 9.17) is 0 Å². The number of hydrogen-bond donors (Lipinski definition) is 1. The zero-order valence-electron chi connectivity index (χ0n) is 12.3. The highest BCUT2D eigenvalue weighted by Crippen LogP contribution is 2.31. The molecule has 0 radical (unpaired) electrons. The summed E-state index contributed by atoms with van der Waals surface area (Å²) in [4.78, 5) is 0. The Labute approximate surface area is 120 Å². The van der Waals surface area contributed by atoms with E-state index in [-0.39, 0.29) is 5.82 Å². The molecule has 2 aromatic carbocycles. The van der Waals surface area contributed by atoms with Gasteiger partial charge in [-0.15, -0.1) is 0 Å². The maximum absolute atomic E-state index is 13.4. The first kappa shape index (κ1) is 14.7. The smallest absolute Gasteiger partial charge is 0.123 e. The van der Waals surface area contributed by atoms with Gasteiger partial charge in [0.15, 0.2) is 0 Å². The van der Waals surface area contributed by atoms with Gasteiger partial charge in [-0.2, -0.15) is 0 Å². The van der Waals surface area contributed by atoms with Crippen molar-refractivity contribution in [2.75, 3.05) is 0 Å². The third-order valence-electron chi connectivity index (χ3n) is 4.06. The summed E-state index contributed by atoms with van der Waals surface area (Å²) in [5.41, 5.74) is 3.07. The van der Waals surface area contributed by atoms with Gasteiger partial charge in [0, 0.05) is 6.42 Å². The number of rotatable bonds is 4. The van der Waals surface area contributed by atoms with Gasteiger partial charge in [-0.25, -0.2) is 4.39 Å². The second kappa shape index (κ2) is 5.76. The molecule has 1 atom stereocenters. The molecule has 1 unspecified atom stereocenters. The van der Waals surface area contributed by atoms with Gasteiger partial charge in [-0.1, -0.05) is 37.3 Å². The van der Waals surface area contributed by atoms with Crippen molar-refractivity contribution in [3.05, 3.63) is 70.5 Å². The number of halogens is 1. The molecule has 0 amide bonds. The van der Waals surface area contributed by atoms with E-state index >= 15 is 0 Å². The summed E-state index contributed by atoms with van der Waals surface area (Å²) in [5, 5.41) is 11.0. The Kier molecular flexibility index (Phi) is 4.24. The van der Waals surface area contributed by atoms with Crippen LogP contribution >= 0.6 is 0 Å². The highest BCUT2D eigenvalue weighted by molar-refractivity contribution is 5.36. The van der Waals surface area contributed by atoms with Crippen LogP contribution in [0.3, 0.4) is 0 Å². The Morgan fingerprint density at radius 3 is 2.20 bits per heavy atom. The summed E-state index contributed by atoms with van der Waals surface area (Å²) >= 11 is 0. The molecule has 0 bridgehead atoms. The van der Waals surface area contributed by atoms with E-state index in [0.717, 1.165) is 16.7 Å². The van der Waals surface area contributed by atoms with Crippen molar-refractivity contribution in [1.29, 1.82) is 0 Å². The Morgan fingerprint density at radius 2 is 1.65 bits per heavy atom. The minimum Gasteiger partial charge on any atom is -0.385 e. The number of hydrogen-bond acceptors (Lipinski definition) is 1. The van der Waals surface area contributed by atoms with E-state index in [1.165, 1.54) is 12.1 Å². The summed E-state index contributed by atoms with van der Waals surface area (Å²) in [6, 6.07) is 12.4. The minimum absolute atomic E-state index is 0.309. The molecule has 1 nitrogen and oxygen atoms in total. The lowest BCUT2D eigenvalue weighted by atomic mass is 9.82. The van der Waals surface area contributed by atoms with Gasteiger partial charge < -0.3 is 5.11 Å². The van der Waals surface area contributed by atoms with Gasteiger partial charge in [0.2, 0.25) is 0 Å². The van der Waals surface area contributed by atoms with Gasteiger partial charge in [-0.05, 0) is 54.7 Å². The van der Waals surface area contributed by atoms with Crippen LogP contribution < -0.4 is 0 Å². The van der Waals surface area contributed by atoms with Crippen LogP contribution in [0.25, 0.3) is 0 Å². The van der Waals surface area contributed by atoms with Crippen LogP contribution in [0.4, 0.5) is 4.39 Å². The van der Waals surface area contributed by atoms with Crippen molar-refractivity contribution >= 4 is 0 Å². The molecule has 1 N–H and O–H groups in total. The fraction of sp³-hybridized carbons (Fsp3) is 0.333. The summed E-state index contributed by atoms with van der Waals surface area (Å²) in [7, 11) is 0. The average molecular weight is 272 g/mol. The van der Waals surface area contributed by atoms with Crippen molar-refractivity contribution < 1.29 is 9.50 Å². The molecule has 106 valence electrons. The molecule has 0 aromatic heterocycles. The second-order valence-electron chi connectivity index (χ2n) is 5.44. The van der Waals surface area contributed by atoms with Gasteiger partial charge in [0.25, 0.3) is 0 Å². The van der Waals surface area contributed by atoms with Gasteiger partial charge >= 0.3 is 0 Å². The first-order valence-electron chi connectivity index (χ1n) is 7.00. The predicted octanol–water partition coefficient (Wildman–Crippen LogP) is 4.28. The van der Waals surface area contributed by atoms with Crippen LogP contribution in [0.5, 0.6) is 0 Å². The minimum atomic E-state index is -1.03. The Hall–Kier alpha value is -1.67. The lowest BCUT2D eigenvalue weighted by Crippen LogP contribution is -2.28. The summed E-state index contributed by atoms with van der Waals surface area (Å²) < 4.78 is 13.4. The lowest BCUT2D eigenvalue weighted by molar-refractivity contribution is 0.0321. The predicted molar refractivity (Wildman–Crippen MR) is 80.2 cm³/mol. The molecular formula is C18H21FO. The lowest BCUT2D eigenvalue weighted by Gasteiger charge is -2.29. The van der Waals surface area contributed by atoms with Gasteiger partial charge in [0.05, 0.1) is 5.60 Å². The molecule has 2 heteroatoms.